The molecule has 3 aromatic rings. The fraction of sp³-hybridized carbons (Fsp3) is 0.350. The molecule has 140 valence electrons. The number of carbonyl (C=O) groups is 1. The van der Waals surface area contributed by atoms with Crippen molar-refractivity contribution in [3.8, 4) is 5.75 Å². The fourth-order valence-corrected chi connectivity index (χ4v) is 3.99. The maximum absolute atomic E-state index is 11.9. The first kappa shape index (κ1) is 17.7. The van der Waals surface area contributed by atoms with Crippen LogP contribution in [0, 0.1) is 0 Å². The minimum absolute atomic E-state index is 0.237. The van der Waals surface area contributed by atoms with E-state index in [0.29, 0.717) is 22.7 Å². The SMILES string of the molecule is O=C(Nc1nnc(COc2ccc(C3CCCCC3)cc2)s1)c1ccco1. The van der Waals surface area contributed by atoms with E-state index in [4.69, 9.17) is 9.15 Å². The zero-order valence-corrected chi connectivity index (χ0v) is 15.7. The molecule has 0 aliphatic heterocycles. The maximum Gasteiger partial charge on any atom is 0.293 e. The molecule has 2 aromatic heterocycles. The zero-order valence-electron chi connectivity index (χ0n) is 14.9. The second-order valence-electron chi connectivity index (χ2n) is 6.63. The molecule has 1 saturated carbocycles. The third-order valence-corrected chi connectivity index (χ3v) is 5.56. The highest BCUT2D eigenvalue weighted by atomic mass is 32.1. The molecule has 0 spiro atoms. The number of carbonyl (C=O) groups excluding carboxylic acids is 1. The Morgan fingerprint density at radius 1 is 1.15 bits per heavy atom. The van der Waals surface area contributed by atoms with Gasteiger partial charge in [-0.25, -0.2) is 0 Å². The molecule has 1 aromatic carbocycles. The summed E-state index contributed by atoms with van der Waals surface area (Å²) in [7, 11) is 0. The van der Waals surface area contributed by atoms with Gasteiger partial charge < -0.3 is 9.15 Å². The van der Waals surface area contributed by atoms with Gasteiger partial charge in [0.1, 0.15) is 12.4 Å². The van der Waals surface area contributed by atoms with Crippen LogP contribution in [0.15, 0.2) is 47.1 Å². The minimum Gasteiger partial charge on any atom is -0.486 e. The number of benzene rings is 1. The largest absolute Gasteiger partial charge is 0.486 e. The van der Waals surface area contributed by atoms with E-state index < -0.39 is 0 Å². The Bertz CT molecular complexity index is 868. The lowest BCUT2D eigenvalue weighted by molar-refractivity contribution is 0.0996. The van der Waals surface area contributed by atoms with Crippen LogP contribution >= 0.6 is 11.3 Å². The van der Waals surface area contributed by atoms with Crippen molar-refractivity contribution in [2.45, 2.75) is 44.6 Å². The molecule has 1 aliphatic rings. The molecule has 7 heteroatoms. The number of hydrogen-bond donors (Lipinski definition) is 1. The number of nitrogens with zero attached hydrogens (tertiary/aromatic N) is 2. The lowest BCUT2D eigenvalue weighted by Gasteiger charge is -2.22. The molecule has 1 N–H and O–H groups in total. The summed E-state index contributed by atoms with van der Waals surface area (Å²) in [6.45, 7) is 0.317. The van der Waals surface area contributed by atoms with Crippen molar-refractivity contribution in [1.29, 1.82) is 0 Å². The predicted molar refractivity (Wildman–Crippen MR) is 103 cm³/mol. The van der Waals surface area contributed by atoms with E-state index in [-0.39, 0.29) is 11.7 Å². The summed E-state index contributed by atoms with van der Waals surface area (Å²) in [5, 5.41) is 11.8. The normalized spacial score (nSPS) is 14.8. The minimum atomic E-state index is -0.345. The number of anilines is 1. The van der Waals surface area contributed by atoms with E-state index in [1.54, 1.807) is 12.1 Å². The first-order valence-electron chi connectivity index (χ1n) is 9.18. The van der Waals surface area contributed by atoms with Crippen molar-refractivity contribution in [1.82, 2.24) is 10.2 Å². The molecule has 0 bridgehead atoms. The van der Waals surface area contributed by atoms with Crippen molar-refractivity contribution < 1.29 is 13.9 Å². The number of nitrogens with one attached hydrogen (secondary N) is 1. The molecule has 0 saturated heterocycles. The van der Waals surface area contributed by atoms with E-state index in [1.807, 2.05) is 12.1 Å². The van der Waals surface area contributed by atoms with Crippen LogP contribution in [0.4, 0.5) is 5.13 Å². The second kappa shape index (κ2) is 8.35. The molecule has 1 amide bonds. The molecule has 6 nitrogen and oxygen atoms in total. The Kier molecular flexibility index (Phi) is 5.48. The van der Waals surface area contributed by atoms with Crippen LogP contribution < -0.4 is 10.1 Å². The van der Waals surface area contributed by atoms with Gasteiger partial charge in [-0.1, -0.05) is 42.7 Å². The Morgan fingerprint density at radius 3 is 2.70 bits per heavy atom. The van der Waals surface area contributed by atoms with Crippen molar-refractivity contribution in [2.75, 3.05) is 5.32 Å². The van der Waals surface area contributed by atoms with Crippen LogP contribution in [0.5, 0.6) is 5.75 Å². The second-order valence-corrected chi connectivity index (χ2v) is 7.69. The zero-order chi connectivity index (χ0) is 18.5. The van der Waals surface area contributed by atoms with E-state index >= 15 is 0 Å². The van der Waals surface area contributed by atoms with Gasteiger partial charge in [-0.3, -0.25) is 10.1 Å². The summed E-state index contributed by atoms with van der Waals surface area (Å²) in [6.07, 6.45) is 8.06. The van der Waals surface area contributed by atoms with Crippen molar-refractivity contribution in [3.63, 3.8) is 0 Å². The van der Waals surface area contributed by atoms with Gasteiger partial charge >= 0.3 is 0 Å². The molecule has 2 heterocycles. The number of rotatable bonds is 6. The summed E-state index contributed by atoms with van der Waals surface area (Å²) in [5.41, 5.74) is 1.40. The van der Waals surface area contributed by atoms with Crippen LogP contribution in [0.2, 0.25) is 0 Å². The van der Waals surface area contributed by atoms with Gasteiger partial charge in [0, 0.05) is 0 Å². The summed E-state index contributed by atoms with van der Waals surface area (Å²) in [6, 6.07) is 11.6. The molecule has 27 heavy (non-hydrogen) atoms. The highest BCUT2D eigenvalue weighted by molar-refractivity contribution is 7.15. The van der Waals surface area contributed by atoms with E-state index in [0.717, 1.165) is 5.75 Å². The molecule has 1 aliphatic carbocycles. The van der Waals surface area contributed by atoms with Crippen molar-refractivity contribution in [3.05, 3.63) is 59.0 Å². The first-order valence-corrected chi connectivity index (χ1v) is 9.99. The Morgan fingerprint density at radius 2 is 1.96 bits per heavy atom. The average molecular weight is 383 g/mol. The lowest BCUT2D eigenvalue weighted by Crippen LogP contribution is -2.10. The van der Waals surface area contributed by atoms with Crippen LogP contribution in [0.1, 0.15) is 59.1 Å². The first-order chi connectivity index (χ1) is 13.3. The number of furan rings is 1. The van der Waals surface area contributed by atoms with Gasteiger partial charge in [-0.05, 0) is 48.6 Å². The molecular formula is C20H21N3O3S. The number of ether oxygens (including phenoxy) is 1. The molecule has 1 fully saturated rings. The van der Waals surface area contributed by atoms with Gasteiger partial charge in [0.15, 0.2) is 10.8 Å². The summed E-state index contributed by atoms with van der Waals surface area (Å²) < 4.78 is 10.9. The van der Waals surface area contributed by atoms with Crippen LogP contribution in [0.25, 0.3) is 0 Å². The lowest BCUT2D eigenvalue weighted by atomic mass is 9.84. The number of amides is 1. The van der Waals surface area contributed by atoms with Crippen molar-refractivity contribution >= 4 is 22.4 Å². The fourth-order valence-electron chi connectivity index (χ4n) is 3.35. The van der Waals surface area contributed by atoms with Crippen molar-refractivity contribution in [2.24, 2.45) is 0 Å². The van der Waals surface area contributed by atoms with Gasteiger partial charge in [-0.15, -0.1) is 10.2 Å². The third kappa shape index (κ3) is 4.54. The summed E-state index contributed by atoms with van der Waals surface area (Å²) >= 11 is 1.28. The molecular weight excluding hydrogens is 362 g/mol. The molecule has 0 radical (unpaired) electrons. The van der Waals surface area contributed by atoms with Crippen LogP contribution in [-0.4, -0.2) is 16.1 Å². The molecule has 0 unspecified atom stereocenters. The predicted octanol–water partition coefficient (Wildman–Crippen LogP) is 5.01. The van der Waals surface area contributed by atoms with Gasteiger partial charge in [0.25, 0.3) is 5.91 Å². The third-order valence-electron chi connectivity index (χ3n) is 4.75. The van der Waals surface area contributed by atoms with E-state index in [2.05, 4.69) is 27.6 Å². The Balaban J connectivity index is 1.30. The van der Waals surface area contributed by atoms with Gasteiger partial charge in [-0.2, -0.15) is 0 Å². The average Bonchev–Trinajstić information content (AvgIpc) is 3.40. The Hall–Kier alpha value is -2.67. The van der Waals surface area contributed by atoms with Gasteiger partial charge in [0.05, 0.1) is 6.26 Å². The monoisotopic (exact) mass is 383 g/mol. The smallest absolute Gasteiger partial charge is 0.293 e. The maximum atomic E-state index is 11.9. The standard InChI is InChI=1S/C20H21N3O3S/c24-19(17-7-4-12-25-17)21-20-23-22-18(27-20)13-26-16-10-8-15(9-11-16)14-5-2-1-3-6-14/h4,7-12,14H,1-3,5-6,13H2,(H,21,23,24). The molecule has 4 rings (SSSR count). The summed E-state index contributed by atoms with van der Waals surface area (Å²) in [5.74, 6) is 1.39. The highest BCUT2D eigenvalue weighted by Crippen LogP contribution is 2.33. The van der Waals surface area contributed by atoms with Gasteiger partial charge in [0.2, 0.25) is 5.13 Å². The quantitative estimate of drug-likeness (QED) is 0.647. The number of aromatic nitrogens is 2. The Labute approximate surface area is 161 Å². The van der Waals surface area contributed by atoms with E-state index in [9.17, 15) is 4.79 Å². The number of hydrogen-bond acceptors (Lipinski definition) is 6. The highest BCUT2D eigenvalue weighted by Gasteiger charge is 2.15. The summed E-state index contributed by atoms with van der Waals surface area (Å²) in [4.78, 5) is 11.9. The van der Waals surface area contributed by atoms with Crippen LogP contribution in [-0.2, 0) is 6.61 Å². The topological polar surface area (TPSA) is 77.2 Å². The van der Waals surface area contributed by atoms with Crippen LogP contribution in [0.3, 0.4) is 0 Å². The molecule has 0 atom stereocenters. The van der Waals surface area contributed by atoms with E-state index in [1.165, 1.54) is 55.3 Å².